The number of alkyl halides is 3. The van der Waals surface area contributed by atoms with Crippen molar-refractivity contribution in [2.24, 2.45) is 0 Å². The predicted octanol–water partition coefficient (Wildman–Crippen LogP) is 2.91. The van der Waals surface area contributed by atoms with Gasteiger partial charge in [0.2, 0.25) is 0 Å². The predicted molar refractivity (Wildman–Crippen MR) is 64.1 cm³/mol. The highest BCUT2D eigenvalue weighted by Gasteiger charge is 2.29. The smallest absolute Gasteiger partial charge is 0.393 e. The molecule has 0 spiro atoms. The SMILES string of the molecule is CC(O)CCN(C)Cc1ccc(C(F)(F)F)cc1. The first-order valence-corrected chi connectivity index (χ1v) is 5.82. The minimum Gasteiger partial charge on any atom is -0.393 e. The third-order valence-electron chi connectivity index (χ3n) is 2.66. The van der Waals surface area contributed by atoms with Crippen LogP contribution < -0.4 is 0 Å². The van der Waals surface area contributed by atoms with Crippen molar-refractivity contribution < 1.29 is 18.3 Å². The first-order valence-electron chi connectivity index (χ1n) is 5.82. The summed E-state index contributed by atoms with van der Waals surface area (Å²) in [6.07, 6.45) is -3.99. The van der Waals surface area contributed by atoms with E-state index in [2.05, 4.69) is 0 Å². The second kappa shape index (κ2) is 6.20. The van der Waals surface area contributed by atoms with Crippen LogP contribution in [-0.2, 0) is 12.7 Å². The van der Waals surface area contributed by atoms with Crippen molar-refractivity contribution >= 4 is 0 Å². The third kappa shape index (κ3) is 5.06. The van der Waals surface area contributed by atoms with Gasteiger partial charge in [-0.25, -0.2) is 0 Å². The Kier molecular flexibility index (Phi) is 5.16. The Morgan fingerprint density at radius 1 is 1.22 bits per heavy atom. The molecule has 1 aromatic rings. The summed E-state index contributed by atoms with van der Waals surface area (Å²) in [5.41, 5.74) is 0.203. The summed E-state index contributed by atoms with van der Waals surface area (Å²) in [6, 6.07) is 5.17. The largest absolute Gasteiger partial charge is 0.416 e. The standard InChI is InChI=1S/C13H18F3NO/c1-10(18)7-8-17(2)9-11-3-5-12(6-4-11)13(14,15)16/h3-6,10,18H,7-9H2,1-2H3. The Balaban J connectivity index is 2.53. The fourth-order valence-corrected chi connectivity index (χ4v) is 1.60. The molecule has 0 aliphatic carbocycles. The quantitative estimate of drug-likeness (QED) is 0.881. The molecule has 0 amide bonds. The van der Waals surface area contributed by atoms with Gasteiger partial charge in [0.05, 0.1) is 11.7 Å². The molecule has 0 aromatic heterocycles. The highest BCUT2D eigenvalue weighted by molar-refractivity contribution is 5.24. The van der Waals surface area contributed by atoms with Gasteiger partial charge in [0.15, 0.2) is 0 Å². The molecule has 0 bridgehead atoms. The minimum absolute atomic E-state index is 0.361. The summed E-state index contributed by atoms with van der Waals surface area (Å²) in [6.45, 7) is 3.00. The van der Waals surface area contributed by atoms with Crippen molar-refractivity contribution in [2.75, 3.05) is 13.6 Å². The van der Waals surface area contributed by atoms with Crippen molar-refractivity contribution in [3.05, 3.63) is 35.4 Å². The Hall–Kier alpha value is -1.07. The zero-order valence-corrected chi connectivity index (χ0v) is 10.5. The molecule has 0 saturated heterocycles. The Labute approximate surface area is 105 Å². The summed E-state index contributed by atoms with van der Waals surface area (Å²) < 4.78 is 37.1. The molecule has 0 radical (unpaired) electrons. The number of benzene rings is 1. The van der Waals surface area contributed by atoms with Crippen LogP contribution in [0.3, 0.4) is 0 Å². The van der Waals surface area contributed by atoms with Gasteiger partial charge in [0.1, 0.15) is 0 Å². The average Bonchev–Trinajstić information content (AvgIpc) is 2.26. The van der Waals surface area contributed by atoms with E-state index in [1.165, 1.54) is 12.1 Å². The fourth-order valence-electron chi connectivity index (χ4n) is 1.60. The molecule has 1 unspecified atom stereocenters. The molecule has 5 heteroatoms. The molecule has 0 aliphatic heterocycles. The maximum atomic E-state index is 12.4. The molecular formula is C13H18F3NO. The van der Waals surface area contributed by atoms with Crippen molar-refractivity contribution in [2.45, 2.75) is 32.2 Å². The van der Waals surface area contributed by atoms with E-state index >= 15 is 0 Å². The van der Waals surface area contributed by atoms with E-state index in [0.29, 0.717) is 19.5 Å². The number of aliphatic hydroxyl groups is 1. The molecule has 102 valence electrons. The van der Waals surface area contributed by atoms with Crippen molar-refractivity contribution in [1.29, 1.82) is 0 Å². The number of halogens is 3. The monoisotopic (exact) mass is 261 g/mol. The lowest BCUT2D eigenvalue weighted by Gasteiger charge is -2.17. The molecule has 0 aliphatic rings. The van der Waals surface area contributed by atoms with Crippen LogP contribution >= 0.6 is 0 Å². The molecule has 18 heavy (non-hydrogen) atoms. The van der Waals surface area contributed by atoms with Gasteiger partial charge in [-0.05, 0) is 38.1 Å². The van der Waals surface area contributed by atoms with Crippen LogP contribution in [0.1, 0.15) is 24.5 Å². The minimum atomic E-state index is -4.28. The summed E-state index contributed by atoms with van der Waals surface area (Å²) in [5, 5.41) is 9.14. The zero-order chi connectivity index (χ0) is 13.8. The lowest BCUT2D eigenvalue weighted by Crippen LogP contribution is -2.22. The molecular weight excluding hydrogens is 243 g/mol. The Bertz CT molecular complexity index is 359. The highest BCUT2D eigenvalue weighted by atomic mass is 19.4. The van der Waals surface area contributed by atoms with Crippen LogP contribution in [0.2, 0.25) is 0 Å². The first-order chi connectivity index (χ1) is 8.29. The van der Waals surface area contributed by atoms with Gasteiger partial charge < -0.3 is 10.0 Å². The molecule has 1 atom stereocenters. The molecule has 1 rings (SSSR count). The van der Waals surface area contributed by atoms with Crippen LogP contribution in [-0.4, -0.2) is 29.7 Å². The van der Waals surface area contributed by atoms with Gasteiger partial charge >= 0.3 is 6.18 Å². The molecule has 0 fully saturated rings. The summed E-state index contributed by atoms with van der Waals surface area (Å²) in [5.74, 6) is 0. The molecule has 1 aromatic carbocycles. The highest BCUT2D eigenvalue weighted by Crippen LogP contribution is 2.29. The van der Waals surface area contributed by atoms with Crippen LogP contribution in [0.4, 0.5) is 13.2 Å². The lowest BCUT2D eigenvalue weighted by atomic mass is 10.1. The van der Waals surface area contributed by atoms with Gasteiger partial charge in [-0.3, -0.25) is 0 Å². The maximum absolute atomic E-state index is 12.4. The number of hydrogen-bond acceptors (Lipinski definition) is 2. The number of rotatable bonds is 5. The van der Waals surface area contributed by atoms with Gasteiger partial charge in [0.25, 0.3) is 0 Å². The van der Waals surface area contributed by atoms with Crippen molar-refractivity contribution in [1.82, 2.24) is 4.90 Å². The van der Waals surface area contributed by atoms with Gasteiger partial charge in [-0.1, -0.05) is 12.1 Å². The Morgan fingerprint density at radius 2 is 1.78 bits per heavy atom. The fraction of sp³-hybridized carbons (Fsp3) is 0.538. The second-order valence-electron chi connectivity index (χ2n) is 4.57. The summed E-state index contributed by atoms with van der Waals surface area (Å²) in [4.78, 5) is 1.97. The lowest BCUT2D eigenvalue weighted by molar-refractivity contribution is -0.137. The van der Waals surface area contributed by atoms with Crippen molar-refractivity contribution in [3.8, 4) is 0 Å². The van der Waals surface area contributed by atoms with Crippen LogP contribution in [0.15, 0.2) is 24.3 Å². The first kappa shape index (κ1) is 15.0. The van der Waals surface area contributed by atoms with Crippen LogP contribution in [0.25, 0.3) is 0 Å². The van der Waals surface area contributed by atoms with Crippen LogP contribution in [0.5, 0.6) is 0 Å². The zero-order valence-electron chi connectivity index (χ0n) is 10.5. The number of hydrogen-bond donors (Lipinski definition) is 1. The van der Waals surface area contributed by atoms with Gasteiger partial charge in [0, 0.05) is 13.1 Å². The van der Waals surface area contributed by atoms with E-state index in [1.807, 2.05) is 11.9 Å². The van der Waals surface area contributed by atoms with E-state index < -0.39 is 11.7 Å². The molecule has 0 heterocycles. The van der Waals surface area contributed by atoms with Gasteiger partial charge in [-0.15, -0.1) is 0 Å². The summed E-state index contributed by atoms with van der Waals surface area (Å²) >= 11 is 0. The van der Waals surface area contributed by atoms with E-state index in [4.69, 9.17) is 5.11 Å². The van der Waals surface area contributed by atoms with E-state index in [0.717, 1.165) is 17.7 Å². The van der Waals surface area contributed by atoms with Crippen LogP contribution in [0, 0.1) is 0 Å². The normalized spacial score (nSPS) is 13.9. The van der Waals surface area contributed by atoms with E-state index in [1.54, 1.807) is 6.92 Å². The van der Waals surface area contributed by atoms with E-state index in [9.17, 15) is 13.2 Å². The molecule has 2 nitrogen and oxygen atoms in total. The maximum Gasteiger partial charge on any atom is 0.416 e. The second-order valence-corrected chi connectivity index (χ2v) is 4.57. The average molecular weight is 261 g/mol. The topological polar surface area (TPSA) is 23.5 Å². The van der Waals surface area contributed by atoms with Crippen molar-refractivity contribution in [3.63, 3.8) is 0 Å². The number of nitrogens with zero attached hydrogens (tertiary/aromatic N) is 1. The number of aliphatic hydroxyl groups excluding tert-OH is 1. The molecule has 0 saturated carbocycles. The third-order valence-corrected chi connectivity index (χ3v) is 2.66. The van der Waals surface area contributed by atoms with Gasteiger partial charge in [-0.2, -0.15) is 13.2 Å². The molecule has 1 N–H and O–H groups in total. The Morgan fingerprint density at radius 3 is 2.22 bits per heavy atom. The van der Waals surface area contributed by atoms with E-state index in [-0.39, 0.29) is 6.10 Å². The summed E-state index contributed by atoms with van der Waals surface area (Å²) in [7, 11) is 1.88.